The third-order valence-electron chi connectivity index (χ3n) is 5.87. The molecule has 0 fully saturated rings. The Balaban J connectivity index is 1.73. The van der Waals surface area contributed by atoms with Gasteiger partial charge in [-0.15, -0.1) is 0 Å². The van der Waals surface area contributed by atoms with Crippen LogP contribution in [0.25, 0.3) is 22.4 Å². The average molecular weight is 471 g/mol. The quantitative estimate of drug-likeness (QED) is 0.434. The van der Waals surface area contributed by atoms with Crippen molar-refractivity contribution in [2.45, 2.75) is 41.0 Å². The van der Waals surface area contributed by atoms with Gasteiger partial charge in [0.15, 0.2) is 0 Å². The number of halogens is 1. The van der Waals surface area contributed by atoms with Crippen LogP contribution in [0.4, 0.5) is 0 Å². The number of hydrogen-bond acceptors (Lipinski definition) is 3. The Kier molecular flexibility index (Phi) is 7.32. The number of carbonyl (C=O) groups excluding carboxylic acids is 1. The van der Waals surface area contributed by atoms with Gasteiger partial charge in [0.1, 0.15) is 5.82 Å². The van der Waals surface area contributed by atoms with Gasteiger partial charge in [0.2, 0.25) is 0 Å². The highest BCUT2D eigenvalue weighted by Gasteiger charge is 2.14. The number of aromatic amines is 1. The molecule has 0 aliphatic heterocycles. The van der Waals surface area contributed by atoms with E-state index in [1.807, 2.05) is 31.2 Å². The van der Waals surface area contributed by atoms with Crippen LogP contribution >= 0.6 is 15.9 Å². The number of aryl methyl sites for hydroxylation is 2. The summed E-state index contributed by atoms with van der Waals surface area (Å²) in [5.41, 5.74) is 7.12. The molecule has 0 saturated carbocycles. The first-order valence-electron chi connectivity index (χ1n) is 10.6. The third-order valence-corrected chi connectivity index (χ3v) is 6.69. The van der Waals surface area contributed by atoms with Gasteiger partial charge in [-0.25, -0.2) is 4.98 Å². The van der Waals surface area contributed by atoms with E-state index in [2.05, 4.69) is 58.8 Å². The molecule has 6 heteroatoms. The van der Waals surface area contributed by atoms with Gasteiger partial charge in [0, 0.05) is 22.1 Å². The number of nitrogens with zero attached hydrogens (tertiary/aromatic N) is 2. The number of fused-ring (bicyclic) bond motifs is 1. The molecule has 30 heavy (non-hydrogen) atoms. The van der Waals surface area contributed by atoms with E-state index in [0.717, 1.165) is 58.5 Å². The normalized spacial score (nSPS) is 11.4. The fraction of sp³-hybridized carbons (Fsp3) is 0.417. The van der Waals surface area contributed by atoms with Gasteiger partial charge in [0.25, 0.3) is 5.91 Å². The smallest absolute Gasteiger partial charge is 0.251 e. The number of benzene rings is 2. The van der Waals surface area contributed by atoms with E-state index in [1.165, 1.54) is 11.1 Å². The average Bonchev–Trinajstić information content (AvgIpc) is 3.15. The summed E-state index contributed by atoms with van der Waals surface area (Å²) in [5, 5.41) is 3.04. The number of imidazole rings is 1. The Morgan fingerprint density at radius 1 is 1.13 bits per heavy atom. The summed E-state index contributed by atoms with van der Waals surface area (Å²) in [7, 11) is 0. The van der Waals surface area contributed by atoms with Crippen molar-refractivity contribution in [3.63, 3.8) is 0 Å². The fourth-order valence-electron chi connectivity index (χ4n) is 3.72. The zero-order chi connectivity index (χ0) is 21.8. The first kappa shape index (κ1) is 22.5. The van der Waals surface area contributed by atoms with Crippen LogP contribution in [0.1, 0.15) is 47.3 Å². The van der Waals surface area contributed by atoms with Crippen molar-refractivity contribution in [3.05, 3.63) is 51.0 Å². The van der Waals surface area contributed by atoms with Crippen LogP contribution < -0.4 is 5.32 Å². The lowest BCUT2D eigenvalue weighted by Crippen LogP contribution is -2.29. The zero-order valence-electron chi connectivity index (χ0n) is 18.5. The second kappa shape index (κ2) is 9.75. The van der Waals surface area contributed by atoms with Gasteiger partial charge in [0.05, 0.1) is 11.0 Å². The highest BCUT2D eigenvalue weighted by molar-refractivity contribution is 9.10. The monoisotopic (exact) mass is 470 g/mol. The molecule has 0 atom stereocenters. The lowest BCUT2D eigenvalue weighted by atomic mass is 10.0. The van der Waals surface area contributed by atoms with Crippen molar-refractivity contribution in [3.8, 4) is 11.4 Å². The van der Waals surface area contributed by atoms with Crippen LogP contribution in [-0.4, -0.2) is 47.0 Å². The van der Waals surface area contributed by atoms with Gasteiger partial charge < -0.3 is 15.2 Å². The summed E-state index contributed by atoms with van der Waals surface area (Å²) in [4.78, 5) is 23.1. The van der Waals surface area contributed by atoms with Crippen LogP contribution in [0.15, 0.2) is 28.7 Å². The standard InChI is InChI=1S/C24H31BrN4O/c1-6-29(7-2)12-8-11-26-24(30)18-9-10-19(15(3)13-18)23-27-21-14-20(25)16(4)17(5)22(21)28-23/h9-10,13-14H,6-8,11-12H2,1-5H3,(H,26,30)(H,27,28). The molecule has 0 bridgehead atoms. The fourth-order valence-corrected chi connectivity index (χ4v) is 4.23. The Hall–Kier alpha value is -2.18. The van der Waals surface area contributed by atoms with Gasteiger partial charge in [-0.05, 0) is 81.7 Å². The van der Waals surface area contributed by atoms with E-state index < -0.39 is 0 Å². The molecule has 3 aromatic rings. The second-order valence-corrected chi connectivity index (χ2v) is 8.61. The minimum atomic E-state index is -0.0239. The maximum absolute atomic E-state index is 12.5. The largest absolute Gasteiger partial charge is 0.352 e. The van der Waals surface area contributed by atoms with Crippen molar-refractivity contribution in [1.82, 2.24) is 20.2 Å². The topological polar surface area (TPSA) is 61.0 Å². The molecule has 0 saturated heterocycles. The number of carbonyl (C=O) groups is 1. The van der Waals surface area contributed by atoms with Gasteiger partial charge in [-0.3, -0.25) is 4.79 Å². The summed E-state index contributed by atoms with van der Waals surface area (Å²) in [6, 6.07) is 7.85. The Morgan fingerprint density at radius 3 is 2.53 bits per heavy atom. The molecule has 2 N–H and O–H groups in total. The Bertz CT molecular complexity index is 1050. The van der Waals surface area contributed by atoms with Crippen LogP contribution in [0.5, 0.6) is 0 Å². The van der Waals surface area contributed by atoms with Gasteiger partial charge in [-0.1, -0.05) is 35.8 Å². The van der Waals surface area contributed by atoms with Crippen molar-refractivity contribution in [2.75, 3.05) is 26.2 Å². The van der Waals surface area contributed by atoms with E-state index in [9.17, 15) is 4.79 Å². The number of hydrogen-bond donors (Lipinski definition) is 2. The van der Waals surface area contributed by atoms with Crippen LogP contribution in [0, 0.1) is 20.8 Å². The highest BCUT2D eigenvalue weighted by Crippen LogP contribution is 2.30. The van der Waals surface area contributed by atoms with E-state index >= 15 is 0 Å². The zero-order valence-corrected chi connectivity index (χ0v) is 20.1. The number of H-pyrrole nitrogens is 1. The van der Waals surface area contributed by atoms with Crippen molar-refractivity contribution < 1.29 is 4.79 Å². The molecule has 5 nitrogen and oxygen atoms in total. The molecule has 0 aliphatic carbocycles. The van der Waals surface area contributed by atoms with Crippen LogP contribution in [-0.2, 0) is 0 Å². The number of rotatable bonds is 8. The van der Waals surface area contributed by atoms with E-state index in [1.54, 1.807) is 0 Å². The third kappa shape index (κ3) is 4.76. The summed E-state index contributed by atoms with van der Waals surface area (Å²) >= 11 is 3.61. The Labute approximate surface area is 187 Å². The van der Waals surface area contributed by atoms with Gasteiger partial charge in [-0.2, -0.15) is 0 Å². The minimum absolute atomic E-state index is 0.0239. The number of amides is 1. The van der Waals surface area contributed by atoms with E-state index in [-0.39, 0.29) is 5.91 Å². The summed E-state index contributed by atoms with van der Waals surface area (Å²) < 4.78 is 1.07. The van der Waals surface area contributed by atoms with Crippen molar-refractivity contribution >= 4 is 32.9 Å². The summed E-state index contributed by atoms with van der Waals surface area (Å²) in [6.45, 7) is 14.3. The molecule has 2 aromatic carbocycles. The SMILES string of the molecule is CCN(CC)CCCNC(=O)c1ccc(-c2nc3cc(Br)c(C)c(C)c3[nH]2)c(C)c1. The molecule has 1 aromatic heterocycles. The van der Waals surface area contributed by atoms with E-state index in [0.29, 0.717) is 12.1 Å². The first-order chi connectivity index (χ1) is 14.3. The van der Waals surface area contributed by atoms with E-state index in [4.69, 9.17) is 4.98 Å². The maximum atomic E-state index is 12.5. The van der Waals surface area contributed by atoms with Crippen molar-refractivity contribution in [1.29, 1.82) is 0 Å². The lowest BCUT2D eigenvalue weighted by molar-refractivity contribution is 0.0951. The Morgan fingerprint density at radius 2 is 1.87 bits per heavy atom. The lowest BCUT2D eigenvalue weighted by Gasteiger charge is -2.17. The molecule has 0 aliphatic rings. The predicted octanol–water partition coefficient (Wildman–Crippen LogP) is 5.38. The molecule has 1 amide bonds. The predicted molar refractivity (Wildman–Crippen MR) is 128 cm³/mol. The summed E-state index contributed by atoms with van der Waals surface area (Å²) in [5.74, 6) is 0.804. The van der Waals surface area contributed by atoms with Crippen LogP contribution in [0.2, 0.25) is 0 Å². The maximum Gasteiger partial charge on any atom is 0.251 e. The molecule has 3 rings (SSSR count). The molecule has 0 unspecified atom stereocenters. The van der Waals surface area contributed by atoms with Crippen molar-refractivity contribution in [2.24, 2.45) is 0 Å². The molecular weight excluding hydrogens is 440 g/mol. The highest BCUT2D eigenvalue weighted by atomic mass is 79.9. The molecule has 160 valence electrons. The molecule has 0 spiro atoms. The molecular formula is C24H31BrN4O. The van der Waals surface area contributed by atoms with Gasteiger partial charge >= 0.3 is 0 Å². The first-order valence-corrected chi connectivity index (χ1v) is 11.4. The molecule has 1 heterocycles. The number of nitrogens with one attached hydrogen (secondary N) is 2. The van der Waals surface area contributed by atoms with Crippen LogP contribution in [0.3, 0.4) is 0 Å². The minimum Gasteiger partial charge on any atom is -0.352 e. The number of aromatic nitrogens is 2. The summed E-state index contributed by atoms with van der Waals surface area (Å²) in [6.07, 6.45) is 0.956. The molecule has 0 radical (unpaired) electrons. The second-order valence-electron chi connectivity index (χ2n) is 7.75.